The van der Waals surface area contributed by atoms with Crippen LogP contribution in [0.25, 0.3) is 16.9 Å². The maximum absolute atomic E-state index is 14.0. The highest BCUT2D eigenvalue weighted by Gasteiger charge is 2.38. The number of carbonyl (C=O) groups is 1. The minimum Gasteiger partial charge on any atom is -0.376 e. The highest BCUT2D eigenvalue weighted by atomic mass is 32.2. The fourth-order valence-electron chi connectivity index (χ4n) is 4.62. The molecule has 2 aliphatic rings. The molecule has 5 rings (SSSR count). The summed E-state index contributed by atoms with van der Waals surface area (Å²) < 4.78 is 31.9. The third-order valence-corrected chi connectivity index (χ3v) is 8.08. The van der Waals surface area contributed by atoms with Crippen LogP contribution in [0.5, 0.6) is 0 Å². The van der Waals surface area contributed by atoms with Crippen LogP contribution in [0.2, 0.25) is 0 Å². The van der Waals surface area contributed by atoms with E-state index in [0.29, 0.717) is 31.0 Å². The van der Waals surface area contributed by atoms with Crippen molar-refractivity contribution in [2.75, 3.05) is 24.7 Å². The standard InChI is InChI=1S/C25H27N3O4S/c29-25(27(17-22-12-7-14-32-22)21-13-15-33(30,31)18-21)24-16-23(19-8-3-1-4-9-19)26-28(24)20-10-5-2-6-11-20/h1-6,8-11,16,21-22H,7,12-15,17-18H2/t21-,22+/m0/s1. The number of aromatic nitrogens is 2. The SMILES string of the molecule is O=C(c1cc(-c2ccccc2)nn1-c1ccccc1)N(C[C@H]1CCCO1)[C@H]1CCS(=O)(=O)C1. The number of nitrogens with zero attached hydrogens (tertiary/aromatic N) is 3. The van der Waals surface area contributed by atoms with Crippen molar-refractivity contribution < 1.29 is 17.9 Å². The third-order valence-electron chi connectivity index (χ3n) is 6.33. The predicted molar refractivity (Wildman–Crippen MR) is 126 cm³/mol. The van der Waals surface area contributed by atoms with E-state index in [-0.39, 0.29) is 29.6 Å². The Balaban J connectivity index is 1.55. The molecule has 33 heavy (non-hydrogen) atoms. The number of carbonyl (C=O) groups excluding carboxylic acids is 1. The van der Waals surface area contributed by atoms with E-state index in [9.17, 15) is 13.2 Å². The molecule has 1 amide bonds. The van der Waals surface area contributed by atoms with Gasteiger partial charge in [-0.15, -0.1) is 0 Å². The number of ether oxygens (including phenoxy) is 1. The molecule has 0 N–H and O–H groups in total. The molecule has 0 spiro atoms. The lowest BCUT2D eigenvalue weighted by Crippen LogP contribution is -2.45. The van der Waals surface area contributed by atoms with Crippen LogP contribution in [0.15, 0.2) is 66.7 Å². The van der Waals surface area contributed by atoms with Crippen molar-refractivity contribution in [2.24, 2.45) is 0 Å². The second-order valence-electron chi connectivity index (χ2n) is 8.68. The lowest BCUT2D eigenvalue weighted by molar-refractivity contribution is 0.0434. The van der Waals surface area contributed by atoms with Gasteiger partial charge in [-0.2, -0.15) is 5.10 Å². The van der Waals surface area contributed by atoms with Gasteiger partial charge in [-0.25, -0.2) is 13.1 Å². The van der Waals surface area contributed by atoms with Crippen LogP contribution in [0.1, 0.15) is 29.8 Å². The van der Waals surface area contributed by atoms with Crippen LogP contribution in [-0.4, -0.2) is 65.8 Å². The van der Waals surface area contributed by atoms with Gasteiger partial charge >= 0.3 is 0 Å². The Morgan fingerprint density at radius 2 is 1.79 bits per heavy atom. The second-order valence-corrected chi connectivity index (χ2v) is 10.9. The summed E-state index contributed by atoms with van der Waals surface area (Å²) in [7, 11) is -3.15. The quantitative estimate of drug-likeness (QED) is 0.558. The first-order chi connectivity index (χ1) is 16.0. The normalized spacial score (nSPS) is 21.8. The molecule has 172 valence electrons. The number of benzene rings is 2. The molecule has 0 saturated carbocycles. The predicted octanol–water partition coefficient (Wildman–Crippen LogP) is 3.35. The van der Waals surface area contributed by atoms with Crippen molar-refractivity contribution in [1.29, 1.82) is 0 Å². The number of amides is 1. The first-order valence-electron chi connectivity index (χ1n) is 11.3. The number of hydrogen-bond acceptors (Lipinski definition) is 5. The highest BCUT2D eigenvalue weighted by Crippen LogP contribution is 2.27. The van der Waals surface area contributed by atoms with E-state index in [1.807, 2.05) is 60.7 Å². The summed E-state index contributed by atoms with van der Waals surface area (Å²) in [4.78, 5) is 15.7. The fraction of sp³-hybridized carbons (Fsp3) is 0.360. The Labute approximate surface area is 193 Å². The smallest absolute Gasteiger partial charge is 0.272 e. The maximum atomic E-state index is 14.0. The number of sulfone groups is 1. The van der Waals surface area contributed by atoms with Crippen molar-refractivity contribution in [1.82, 2.24) is 14.7 Å². The molecule has 3 aromatic rings. The van der Waals surface area contributed by atoms with Crippen LogP contribution in [0, 0.1) is 0 Å². The molecular weight excluding hydrogens is 438 g/mol. The summed E-state index contributed by atoms with van der Waals surface area (Å²) in [5, 5.41) is 4.76. The van der Waals surface area contributed by atoms with Gasteiger partial charge in [0.15, 0.2) is 9.84 Å². The van der Waals surface area contributed by atoms with Crippen molar-refractivity contribution in [3.63, 3.8) is 0 Å². The largest absolute Gasteiger partial charge is 0.376 e. The molecule has 3 heterocycles. The first-order valence-corrected chi connectivity index (χ1v) is 13.2. The molecule has 0 radical (unpaired) electrons. The summed E-state index contributed by atoms with van der Waals surface area (Å²) in [6.07, 6.45) is 2.21. The monoisotopic (exact) mass is 465 g/mol. The van der Waals surface area contributed by atoms with Gasteiger partial charge in [-0.1, -0.05) is 48.5 Å². The van der Waals surface area contributed by atoms with Gasteiger partial charge in [0.25, 0.3) is 5.91 Å². The van der Waals surface area contributed by atoms with Crippen molar-refractivity contribution in [3.8, 4) is 16.9 Å². The molecule has 2 aliphatic heterocycles. The zero-order valence-electron chi connectivity index (χ0n) is 18.3. The Morgan fingerprint density at radius 3 is 2.42 bits per heavy atom. The third kappa shape index (κ3) is 4.72. The second kappa shape index (κ2) is 9.11. The summed E-state index contributed by atoms with van der Waals surface area (Å²) >= 11 is 0. The van der Waals surface area contributed by atoms with Crippen LogP contribution in [0.3, 0.4) is 0 Å². The van der Waals surface area contributed by atoms with E-state index in [2.05, 4.69) is 0 Å². The topological polar surface area (TPSA) is 81.5 Å². The summed E-state index contributed by atoms with van der Waals surface area (Å²) in [5.41, 5.74) is 2.80. The molecule has 8 heteroatoms. The lowest BCUT2D eigenvalue weighted by atomic mass is 10.1. The molecule has 1 aromatic heterocycles. The minimum absolute atomic E-state index is 0.00350. The molecule has 7 nitrogen and oxygen atoms in total. The van der Waals surface area contributed by atoms with Gasteiger partial charge in [0.2, 0.25) is 0 Å². The van der Waals surface area contributed by atoms with Crippen LogP contribution in [-0.2, 0) is 14.6 Å². The van der Waals surface area contributed by atoms with Gasteiger partial charge in [0, 0.05) is 24.8 Å². The van der Waals surface area contributed by atoms with Gasteiger partial charge < -0.3 is 9.64 Å². The number of hydrogen-bond donors (Lipinski definition) is 0. The van der Waals surface area contributed by atoms with Gasteiger partial charge in [-0.3, -0.25) is 4.79 Å². The average molecular weight is 466 g/mol. The average Bonchev–Trinajstić information content (AvgIpc) is 3.58. The number of para-hydroxylation sites is 1. The summed E-state index contributed by atoms with van der Waals surface area (Å²) in [6, 6.07) is 20.7. The van der Waals surface area contributed by atoms with E-state index >= 15 is 0 Å². The molecule has 2 saturated heterocycles. The molecule has 0 aliphatic carbocycles. The van der Waals surface area contributed by atoms with E-state index in [0.717, 1.165) is 24.1 Å². The molecule has 2 atom stereocenters. The number of rotatable bonds is 6. The molecular formula is C25H27N3O4S. The molecule has 2 fully saturated rings. The van der Waals surface area contributed by atoms with E-state index in [4.69, 9.17) is 9.84 Å². The Bertz CT molecular complexity index is 1220. The van der Waals surface area contributed by atoms with Crippen LogP contribution >= 0.6 is 0 Å². The Morgan fingerprint density at radius 1 is 1.06 bits per heavy atom. The molecule has 0 bridgehead atoms. The zero-order valence-corrected chi connectivity index (χ0v) is 19.2. The van der Waals surface area contributed by atoms with E-state index < -0.39 is 9.84 Å². The van der Waals surface area contributed by atoms with Crippen molar-refractivity contribution >= 4 is 15.7 Å². The fourth-order valence-corrected chi connectivity index (χ4v) is 6.35. The van der Waals surface area contributed by atoms with E-state index in [1.54, 1.807) is 15.6 Å². The zero-order chi connectivity index (χ0) is 22.8. The molecule has 0 unspecified atom stereocenters. The highest BCUT2D eigenvalue weighted by molar-refractivity contribution is 7.91. The van der Waals surface area contributed by atoms with Gasteiger partial charge in [0.05, 0.1) is 29.0 Å². The van der Waals surface area contributed by atoms with Crippen LogP contribution < -0.4 is 0 Å². The lowest BCUT2D eigenvalue weighted by Gasteiger charge is -2.30. The van der Waals surface area contributed by atoms with Crippen LogP contribution in [0.4, 0.5) is 0 Å². The maximum Gasteiger partial charge on any atom is 0.272 e. The first kappa shape index (κ1) is 21.9. The molecule has 2 aromatic carbocycles. The van der Waals surface area contributed by atoms with E-state index in [1.165, 1.54) is 0 Å². The van der Waals surface area contributed by atoms with Crippen molar-refractivity contribution in [2.45, 2.75) is 31.4 Å². The van der Waals surface area contributed by atoms with Crippen molar-refractivity contribution in [3.05, 3.63) is 72.4 Å². The Kier molecular flexibility index (Phi) is 6.03. The van der Waals surface area contributed by atoms with Gasteiger partial charge in [0.1, 0.15) is 5.69 Å². The minimum atomic E-state index is -3.15. The summed E-state index contributed by atoms with van der Waals surface area (Å²) in [5.74, 6) is -0.109. The summed E-state index contributed by atoms with van der Waals surface area (Å²) in [6.45, 7) is 1.06. The Hall–Kier alpha value is -2.97. The van der Waals surface area contributed by atoms with Gasteiger partial charge in [-0.05, 0) is 37.5 Å².